The standard InChI is InChI=1S/C10H15N3O2/c1-3-15-10(14)9-8(5-4-6-11)7-13(2)12-9/h4-5,7H,3,6,11H2,1-2H3/b5-4+. The molecule has 0 bridgehead atoms. The number of nitrogens with zero attached hydrogens (tertiary/aromatic N) is 2. The maximum absolute atomic E-state index is 11.5. The van der Waals surface area contributed by atoms with E-state index in [2.05, 4.69) is 5.10 Å². The van der Waals surface area contributed by atoms with Gasteiger partial charge >= 0.3 is 5.97 Å². The van der Waals surface area contributed by atoms with Gasteiger partial charge in [-0.25, -0.2) is 4.79 Å². The first kappa shape index (κ1) is 11.5. The second kappa shape index (κ2) is 5.31. The van der Waals surface area contributed by atoms with Crippen LogP contribution in [0.15, 0.2) is 12.3 Å². The number of carbonyl (C=O) groups is 1. The monoisotopic (exact) mass is 209 g/mol. The van der Waals surface area contributed by atoms with Crippen molar-refractivity contribution in [1.82, 2.24) is 9.78 Å². The maximum Gasteiger partial charge on any atom is 0.359 e. The summed E-state index contributed by atoms with van der Waals surface area (Å²) in [6.45, 7) is 2.53. The van der Waals surface area contributed by atoms with Gasteiger partial charge in [-0.1, -0.05) is 12.2 Å². The van der Waals surface area contributed by atoms with Crippen molar-refractivity contribution in [3.05, 3.63) is 23.5 Å². The lowest BCUT2D eigenvalue weighted by Gasteiger charge is -1.98. The Labute approximate surface area is 88.5 Å². The number of nitrogens with two attached hydrogens (primary N) is 1. The van der Waals surface area contributed by atoms with E-state index in [9.17, 15) is 4.79 Å². The van der Waals surface area contributed by atoms with Crippen molar-refractivity contribution in [3.63, 3.8) is 0 Å². The van der Waals surface area contributed by atoms with Crippen LogP contribution in [-0.2, 0) is 11.8 Å². The Morgan fingerprint density at radius 2 is 2.47 bits per heavy atom. The van der Waals surface area contributed by atoms with Crippen molar-refractivity contribution in [1.29, 1.82) is 0 Å². The van der Waals surface area contributed by atoms with E-state index < -0.39 is 5.97 Å². The third-order valence-corrected chi connectivity index (χ3v) is 1.76. The Balaban J connectivity index is 2.95. The van der Waals surface area contributed by atoms with Gasteiger partial charge in [0.1, 0.15) is 0 Å². The van der Waals surface area contributed by atoms with Crippen LogP contribution in [0.25, 0.3) is 6.08 Å². The Bertz CT molecular complexity index is 369. The second-order valence-corrected chi connectivity index (χ2v) is 2.97. The Hall–Kier alpha value is -1.62. The van der Waals surface area contributed by atoms with E-state index in [-0.39, 0.29) is 0 Å². The van der Waals surface area contributed by atoms with Gasteiger partial charge in [0.2, 0.25) is 0 Å². The van der Waals surface area contributed by atoms with Gasteiger partial charge < -0.3 is 10.5 Å². The van der Waals surface area contributed by atoms with E-state index in [1.54, 1.807) is 37.0 Å². The van der Waals surface area contributed by atoms with Crippen LogP contribution in [0.5, 0.6) is 0 Å². The van der Waals surface area contributed by atoms with E-state index >= 15 is 0 Å². The molecule has 1 rings (SSSR count). The van der Waals surface area contributed by atoms with Crippen molar-refractivity contribution >= 4 is 12.0 Å². The molecular formula is C10H15N3O2. The average Bonchev–Trinajstić information content (AvgIpc) is 2.57. The highest BCUT2D eigenvalue weighted by molar-refractivity contribution is 5.91. The summed E-state index contributed by atoms with van der Waals surface area (Å²) in [5.41, 5.74) is 6.38. The van der Waals surface area contributed by atoms with Gasteiger partial charge in [-0.05, 0) is 6.92 Å². The fourth-order valence-corrected chi connectivity index (χ4v) is 1.18. The van der Waals surface area contributed by atoms with Gasteiger partial charge in [-0.3, -0.25) is 4.68 Å². The molecule has 2 N–H and O–H groups in total. The van der Waals surface area contributed by atoms with Crippen molar-refractivity contribution < 1.29 is 9.53 Å². The molecule has 0 saturated carbocycles. The third-order valence-electron chi connectivity index (χ3n) is 1.76. The predicted molar refractivity (Wildman–Crippen MR) is 57.3 cm³/mol. The van der Waals surface area contributed by atoms with Crippen LogP contribution >= 0.6 is 0 Å². The molecule has 0 unspecified atom stereocenters. The molecule has 0 saturated heterocycles. The number of ether oxygens (including phenoxy) is 1. The van der Waals surface area contributed by atoms with Crippen molar-refractivity contribution in [2.75, 3.05) is 13.2 Å². The largest absolute Gasteiger partial charge is 0.461 e. The first-order valence-electron chi connectivity index (χ1n) is 4.76. The summed E-state index contributed by atoms with van der Waals surface area (Å²) in [4.78, 5) is 11.5. The Morgan fingerprint density at radius 3 is 3.07 bits per heavy atom. The van der Waals surface area contributed by atoms with E-state index in [1.807, 2.05) is 0 Å². The number of hydrogen-bond donors (Lipinski definition) is 1. The fraction of sp³-hybridized carbons (Fsp3) is 0.400. The van der Waals surface area contributed by atoms with E-state index in [0.717, 1.165) is 5.56 Å². The predicted octanol–water partition coefficient (Wildman–Crippen LogP) is 0.569. The SMILES string of the molecule is CCOC(=O)c1nn(C)cc1/C=C/CN. The lowest BCUT2D eigenvalue weighted by molar-refractivity contribution is 0.0518. The van der Waals surface area contributed by atoms with Crippen molar-refractivity contribution in [2.45, 2.75) is 6.92 Å². The molecule has 0 spiro atoms. The van der Waals surface area contributed by atoms with Gasteiger partial charge in [0.05, 0.1) is 6.61 Å². The molecule has 1 heterocycles. The number of esters is 1. The number of hydrogen-bond acceptors (Lipinski definition) is 4. The van der Waals surface area contributed by atoms with Crippen LogP contribution in [0.2, 0.25) is 0 Å². The summed E-state index contributed by atoms with van der Waals surface area (Å²) in [7, 11) is 1.75. The molecule has 5 heteroatoms. The normalized spacial score (nSPS) is 10.9. The lowest BCUT2D eigenvalue weighted by atomic mass is 10.2. The zero-order valence-electron chi connectivity index (χ0n) is 8.93. The van der Waals surface area contributed by atoms with Crippen LogP contribution in [-0.4, -0.2) is 28.9 Å². The number of aryl methyl sites for hydroxylation is 1. The summed E-state index contributed by atoms with van der Waals surface area (Å²) >= 11 is 0. The van der Waals surface area contributed by atoms with E-state index in [0.29, 0.717) is 18.8 Å². The quantitative estimate of drug-likeness (QED) is 0.736. The van der Waals surface area contributed by atoms with Gasteiger partial charge in [0, 0.05) is 25.4 Å². The van der Waals surface area contributed by atoms with Gasteiger partial charge in [-0.2, -0.15) is 5.10 Å². The summed E-state index contributed by atoms with van der Waals surface area (Å²) in [6, 6.07) is 0. The topological polar surface area (TPSA) is 70.1 Å². The molecule has 0 aliphatic rings. The number of aromatic nitrogens is 2. The minimum Gasteiger partial charge on any atom is -0.461 e. The summed E-state index contributed by atoms with van der Waals surface area (Å²) in [5.74, 6) is -0.408. The zero-order chi connectivity index (χ0) is 11.3. The van der Waals surface area contributed by atoms with Crippen molar-refractivity contribution in [3.8, 4) is 0 Å². The van der Waals surface area contributed by atoms with Gasteiger partial charge in [-0.15, -0.1) is 0 Å². The van der Waals surface area contributed by atoms with Gasteiger partial charge in [0.15, 0.2) is 5.69 Å². The molecule has 0 fully saturated rings. The Kier molecular flexibility index (Phi) is 4.05. The van der Waals surface area contributed by atoms with Crippen LogP contribution in [0.3, 0.4) is 0 Å². The van der Waals surface area contributed by atoms with Gasteiger partial charge in [0.25, 0.3) is 0 Å². The smallest absolute Gasteiger partial charge is 0.359 e. The van der Waals surface area contributed by atoms with E-state index in [4.69, 9.17) is 10.5 Å². The molecular weight excluding hydrogens is 194 g/mol. The third kappa shape index (κ3) is 2.92. The molecule has 0 amide bonds. The average molecular weight is 209 g/mol. The zero-order valence-corrected chi connectivity index (χ0v) is 8.93. The molecule has 0 radical (unpaired) electrons. The van der Waals surface area contributed by atoms with E-state index in [1.165, 1.54) is 0 Å². The molecule has 0 atom stereocenters. The highest BCUT2D eigenvalue weighted by Gasteiger charge is 2.14. The molecule has 1 aromatic rings. The van der Waals surface area contributed by atoms with Crippen LogP contribution in [0, 0.1) is 0 Å². The Morgan fingerprint density at radius 1 is 1.73 bits per heavy atom. The number of rotatable bonds is 4. The molecule has 15 heavy (non-hydrogen) atoms. The lowest BCUT2D eigenvalue weighted by Crippen LogP contribution is -2.07. The molecule has 0 aliphatic heterocycles. The molecule has 82 valence electrons. The highest BCUT2D eigenvalue weighted by Crippen LogP contribution is 2.09. The van der Waals surface area contributed by atoms with Crippen LogP contribution < -0.4 is 5.73 Å². The maximum atomic E-state index is 11.5. The minimum atomic E-state index is -0.408. The summed E-state index contributed by atoms with van der Waals surface area (Å²) in [6.07, 6.45) is 5.28. The summed E-state index contributed by atoms with van der Waals surface area (Å²) in [5, 5.41) is 4.03. The molecule has 5 nitrogen and oxygen atoms in total. The first-order chi connectivity index (χ1) is 7.19. The second-order valence-electron chi connectivity index (χ2n) is 2.97. The molecule has 0 aromatic carbocycles. The molecule has 1 aromatic heterocycles. The summed E-state index contributed by atoms with van der Waals surface area (Å²) < 4.78 is 6.45. The van der Waals surface area contributed by atoms with Crippen LogP contribution in [0.4, 0.5) is 0 Å². The first-order valence-corrected chi connectivity index (χ1v) is 4.76. The van der Waals surface area contributed by atoms with Crippen LogP contribution in [0.1, 0.15) is 23.0 Å². The fourth-order valence-electron chi connectivity index (χ4n) is 1.18. The number of carbonyl (C=O) groups excluding carboxylic acids is 1. The molecule has 0 aliphatic carbocycles. The highest BCUT2D eigenvalue weighted by atomic mass is 16.5. The van der Waals surface area contributed by atoms with Crippen molar-refractivity contribution in [2.24, 2.45) is 12.8 Å². The minimum absolute atomic E-state index is 0.323.